The minimum atomic E-state index is -0.183. The average Bonchev–Trinajstić information content (AvgIpc) is 2.73. The van der Waals surface area contributed by atoms with Crippen LogP contribution in [0.3, 0.4) is 0 Å². The van der Waals surface area contributed by atoms with Crippen LogP contribution in [0, 0.1) is 0 Å². The van der Waals surface area contributed by atoms with Crippen molar-refractivity contribution in [3.63, 3.8) is 0 Å². The van der Waals surface area contributed by atoms with E-state index in [0.29, 0.717) is 18.7 Å². The van der Waals surface area contributed by atoms with Gasteiger partial charge in [0.15, 0.2) is 0 Å². The third-order valence-electron chi connectivity index (χ3n) is 4.73. The molecule has 0 fully saturated rings. The van der Waals surface area contributed by atoms with E-state index in [1.807, 2.05) is 55.5 Å². The van der Waals surface area contributed by atoms with Gasteiger partial charge in [-0.15, -0.1) is 11.8 Å². The van der Waals surface area contributed by atoms with Gasteiger partial charge in [-0.05, 0) is 30.5 Å². The lowest BCUT2D eigenvalue weighted by Crippen LogP contribution is -2.43. The van der Waals surface area contributed by atoms with Crippen molar-refractivity contribution in [3.05, 3.63) is 81.5 Å². The maximum absolute atomic E-state index is 13.2. The molecule has 0 aliphatic carbocycles. The molecule has 0 bridgehead atoms. The number of hydrogen-bond acceptors (Lipinski definition) is 4. The van der Waals surface area contributed by atoms with E-state index in [1.54, 1.807) is 28.1 Å². The van der Waals surface area contributed by atoms with E-state index < -0.39 is 0 Å². The van der Waals surface area contributed by atoms with Gasteiger partial charge in [0.05, 0.1) is 15.2 Å². The topological polar surface area (TPSA) is 44.0 Å². The van der Waals surface area contributed by atoms with Crippen molar-refractivity contribution in [1.29, 1.82) is 0 Å². The van der Waals surface area contributed by atoms with Crippen LogP contribution in [0.15, 0.2) is 80.2 Å². The molecule has 0 N–H and O–H groups in total. The van der Waals surface area contributed by atoms with Gasteiger partial charge in [-0.2, -0.15) is 0 Å². The second-order valence-corrected chi connectivity index (χ2v) is 9.47. The molecule has 1 atom stereocenters. The molecule has 0 saturated carbocycles. The predicted molar refractivity (Wildman–Crippen MR) is 117 cm³/mol. The molecule has 2 heterocycles. The number of thioether (sulfide) groups is 2. The van der Waals surface area contributed by atoms with Crippen LogP contribution in [0.5, 0.6) is 0 Å². The molecule has 6 heteroatoms. The molecule has 0 amide bonds. The second-order valence-electron chi connectivity index (χ2n) is 6.70. The van der Waals surface area contributed by atoms with Gasteiger partial charge in [-0.3, -0.25) is 13.9 Å². The van der Waals surface area contributed by atoms with E-state index in [1.165, 1.54) is 9.46 Å². The molecule has 0 saturated heterocycles. The third-order valence-corrected chi connectivity index (χ3v) is 7.50. The zero-order valence-electron chi connectivity index (χ0n) is 15.7. The summed E-state index contributed by atoms with van der Waals surface area (Å²) in [6.45, 7) is 3.07. The van der Waals surface area contributed by atoms with Gasteiger partial charge in [0.2, 0.25) is 0 Å². The highest BCUT2D eigenvalue weighted by Crippen LogP contribution is 2.42. The predicted octanol–water partition coefficient (Wildman–Crippen LogP) is 4.70. The molecule has 3 aromatic rings. The Kier molecular flexibility index (Phi) is 5.78. The Bertz CT molecular complexity index is 1080. The number of fused-ring (bicyclic) bond motifs is 1. The SMILES string of the molecule is CCCn1c(=O)c(-c2ccccc2)c2n(c1=O)CCC(Sc1ccccc1)S2. The first-order valence-electron chi connectivity index (χ1n) is 9.50. The Labute approximate surface area is 172 Å². The van der Waals surface area contributed by atoms with Crippen LogP contribution >= 0.6 is 23.5 Å². The highest BCUT2D eigenvalue weighted by Gasteiger charge is 2.28. The summed E-state index contributed by atoms with van der Waals surface area (Å²) in [6.07, 6.45) is 1.64. The normalized spacial score (nSPS) is 16.0. The smallest absolute Gasteiger partial charge is 0.287 e. The Balaban J connectivity index is 1.81. The molecule has 0 spiro atoms. The summed E-state index contributed by atoms with van der Waals surface area (Å²) in [5.74, 6) is 0. The molecule has 4 rings (SSSR count). The van der Waals surface area contributed by atoms with Crippen molar-refractivity contribution < 1.29 is 0 Å². The molecule has 1 aromatic heterocycles. The van der Waals surface area contributed by atoms with Gasteiger partial charge < -0.3 is 0 Å². The second kappa shape index (κ2) is 8.45. The first kappa shape index (κ1) is 19.2. The number of aromatic nitrogens is 2. The highest BCUT2D eigenvalue weighted by molar-refractivity contribution is 8.17. The maximum Gasteiger partial charge on any atom is 0.331 e. The molecule has 0 radical (unpaired) electrons. The molecule has 28 heavy (non-hydrogen) atoms. The van der Waals surface area contributed by atoms with Crippen molar-refractivity contribution in [2.75, 3.05) is 0 Å². The summed E-state index contributed by atoms with van der Waals surface area (Å²) in [4.78, 5) is 27.4. The fourth-order valence-corrected chi connectivity index (χ4v) is 6.16. The summed E-state index contributed by atoms with van der Waals surface area (Å²) in [7, 11) is 0. The molecule has 4 nitrogen and oxygen atoms in total. The van der Waals surface area contributed by atoms with Crippen LogP contribution < -0.4 is 11.2 Å². The molecule has 2 aromatic carbocycles. The van der Waals surface area contributed by atoms with Crippen LogP contribution in [0.25, 0.3) is 11.1 Å². The zero-order valence-corrected chi connectivity index (χ0v) is 17.3. The van der Waals surface area contributed by atoms with Crippen LogP contribution in [-0.4, -0.2) is 13.7 Å². The van der Waals surface area contributed by atoms with E-state index in [0.717, 1.165) is 23.4 Å². The fraction of sp³-hybridized carbons (Fsp3) is 0.273. The Morgan fingerprint density at radius 3 is 2.39 bits per heavy atom. The van der Waals surface area contributed by atoms with Crippen molar-refractivity contribution in [1.82, 2.24) is 9.13 Å². The van der Waals surface area contributed by atoms with Gasteiger partial charge in [0.25, 0.3) is 5.56 Å². The first-order valence-corrected chi connectivity index (χ1v) is 11.3. The molecule has 144 valence electrons. The lowest BCUT2D eigenvalue weighted by molar-refractivity contribution is 0.501. The molecular formula is C22H22N2O2S2. The van der Waals surface area contributed by atoms with Gasteiger partial charge in [0, 0.05) is 18.0 Å². The minimum absolute atomic E-state index is 0.179. The first-order chi connectivity index (χ1) is 13.7. The molecule has 1 aliphatic rings. The van der Waals surface area contributed by atoms with Crippen molar-refractivity contribution in [2.45, 2.75) is 47.4 Å². The van der Waals surface area contributed by atoms with E-state index >= 15 is 0 Å². The van der Waals surface area contributed by atoms with Gasteiger partial charge in [-0.1, -0.05) is 67.2 Å². The summed E-state index contributed by atoms with van der Waals surface area (Å²) in [6, 6.07) is 20.0. The number of rotatable bonds is 5. The highest BCUT2D eigenvalue weighted by atomic mass is 32.2. The van der Waals surface area contributed by atoms with E-state index in [2.05, 4.69) is 12.1 Å². The Hall–Kier alpha value is -2.18. The summed E-state index contributed by atoms with van der Waals surface area (Å²) >= 11 is 3.44. The number of benzene rings is 2. The monoisotopic (exact) mass is 410 g/mol. The van der Waals surface area contributed by atoms with E-state index in [-0.39, 0.29) is 15.8 Å². The van der Waals surface area contributed by atoms with Crippen LogP contribution in [0.4, 0.5) is 0 Å². The van der Waals surface area contributed by atoms with Gasteiger partial charge >= 0.3 is 5.69 Å². The van der Waals surface area contributed by atoms with Crippen LogP contribution in [-0.2, 0) is 13.1 Å². The van der Waals surface area contributed by atoms with E-state index in [4.69, 9.17) is 0 Å². The summed E-state index contributed by atoms with van der Waals surface area (Å²) in [5.41, 5.74) is 1.16. The standard InChI is InChI=1S/C22H22N2O2S2/c1-2-14-23-20(25)19(16-9-5-3-6-10-16)21-24(22(23)26)15-13-18(28-21)27-17-11-7-4-8-12-17/h3-12,18H,2,13-15H2,1H3. The number of nitrogens with zero attached hydrogens (tertiary/aromatic N) is 2. The fourth-order valence-electron chi connectivity index (χ4n) is 3.42. The third kappa shape index (κ3) is 3.71. The molecule has 1 unspecified atom stereocenters. The van der Waals surface area contributed by atoms with Crippen molar-refractivity contribution in [3.8, 4) is 11.1 Å². The van der Waals surface area contributed by atoms with Gasteiger partial charge in [-0.25, -0.2) is 4.79 Å². The van der Waals surface area contributed by atoms with Crippen LogP contribution in [0.1, 0.15) is 19.8 Å². The largest absolute Gasteiger partial charge is 0.331 e. The lowest BCUT2D eigenvalue weighted by Gasteiger charge is -2.27. The molecule has 1 aliphatic heterocycles. The Morgan fingerprint density at radius 1 is 1.04 bits per heavy atom. The summed E-state index contributed by atoms with van der Waals surface area (Å²) < 4.78 is 3.47. The minimum Gasteiger partial charge on any atom is -0.287 e. The quantitative estimate of drug-likeness (QED) is 0.572. The van der Waals surface area contributed by atoms with Gasteiger partial charge in [0.1, 0.15) is 0 Å². The lowest BCUT2D eigenvalue weighted by atomic mass is 10.1. The Morgan fingerprint density at radius 2 is 1.71 bits per heavy atom. The summed E-state index contributed by atoms with van der Waals surface area (Å²) in [5, 5.41) is 0.799. The zero-order chi connectivity index (χ0) is 19.5. The van der Waals surface area contributed by atoms with E-state index in [9.17, 15) is 9.59 Å². The van der Waals surface area contributed by atoms with Crippen LogP contribution in [0.2, 0.25) is 0 Å². The van der Waals surface area contributed by atoms with Crippen molar-refractivity contribution >= 4 is 23.5 Å². The maximum atomic E-state index is 13.2. The average molecular weight is 411 g/mol. The molecular weight excluding hydrogens is 388 g/mol. The van der Waals surface area contributed by atoms with Crippen molar-refractivity contribution in [2.24, 2.45) is 0 Å². The number of hydrogen-bond donors (Lipinski definition) is 0.